The van der Waals surface area contributed by atoms with E-state index in [2.05, 4.69) is 5.32 Å². The fourth-order valence-electron chi connectivity index (χ4n) is 1.05. The summed E-state index contributed by atoms with van der Waals surface area (Å²) >= 11 is 0. The van der Waals surface area contributed by atoms with Crippen LogP contribution >= 0.6 is 0 Å². The maximum Gasteiger partial charge on any atom is 0.322 e. The van der Waals surface area contributed by atoms with Gasteiger partial charge in [-0.15, -0.1) is 0 Å². The van der Waals surface area contributed by atoms with E-state index in [0.717, 1.165) is 0 Å². The highest BCUT2D eigenvalue weighted by molar-refractivity contribution is 5.78. The van der Waals surface area contributed by atoms with Gasteiger partial charge in [0.2, 0.25) is 0 Å². The second-order valence-electron chi connectivity index (χ2n) is 2.67. The number of nitrogens with one attached hydrogen (secondary N) is 1. The highest BCUT2D eigenvalue weighted by Gasteiger charge is 2.05. The van der Waals surface area contributed by atoms with E-state index < -0.39 is 5.97 Å². The second-order valence-corrected chi connectivity index (χ2v) is 2.67. The van der Waals surface area contributed by atoms with Crippen LogP contribution in [0.25, 0.3) is 0 Å². The number of benzene rings is 1. The molecule has 0 heterocycles. The van der Waals surface area contributed by atoms with Gasteiger partial charge in [-0.2, -0.15) is 0 Å². The molecule has 0 aliphatic rings. The van der Waals surface area contributed by atoms with Gasteiger partial charge in [0, 0.05) is 0 Å². The van der Waals surface area contributed by atoms with E-state index in [1.807, 2.05) is 0 Å². The Hall–Kier alpha value is -1.91. The summed E-state index contributed by atoms with van der Waals surface area (Å²) in [6, 6.07) is 5.14. The van der Waals surface area contributed by atoms with E-state index in [1.54, 1.807) is 18.2 Å². The van der Waals surface area contributed by atoms with Gasteiger partial charge in [-0.25, -0.2) is 0 Å². The second kappa shape index (κ2) is 4.36. The molecule has 5 nitrogen and oxygen atoms in total. The van der Waals surface area contributed by atoms with Crippen molar-refractivity contribution < 1.29 is 14.6 Å². The van der Waals surface area contributed by atoms with Crippen LogP contribution < -0.4 is 15.8 Å². The predicted molar refractivity (Wildman–Crippen MR) is 53.5 cm³/mol. The third-order valence-corrected chi connectivity index (χ3v) is 1.72. The molecule has 4 N–H and O–H groups in total. The molecule has 0 aromatic heterocycles. The molecular weight excluding hydrogens is 184 g/mol. The Morgan fingerprint density at radius 1 is 1.64 bits per heavy atom. The number of hydrogen-bond acceptors (Lipinski definition) is 4. The summed E-state index contributed by atoms with van der Waals surface area (Å²) in [6.07, 6.45) is 0. The molecule has 1 rings (SSSR count). The first-order valence-corrected chi connectivity index (χ1v) is 4.03. The normalized spacial score (nSPS) is 9.50. The third kappa shape index (κ3) is 2.29. The van der Waals surface area contributed by atoms with E-state index in [0.29, 0.717) is 17.1 Å². The number of carboxylic acid groups (broad SMARTS) is 1. The zero-order chi connectivity index (χ0) is 10.6. The summed E-state index contributed by atoms with van der Waals surface area (Å²) < 4.78 is 4.98. The largest absolute Gasteiger partial charge is 0.495 e. The molecule has 0 atom stereocenters. The molecule has 0 radical (unpaired) electrons. The monoisotopic (exact) mass is 196 g/mol. The van der Waals surface area contributed by atoms with Crippen LogP contribution in [0, 0.1) is 0 Å². The number of carbonyl (C=O) groups is 1. The number of hydrogen-bond donors (Lipinski definition) is 3. The van der Waals surface area contributed by atoms with Gasteiger partial charge in [-0.1, -0.05) is 6.07 Å². The first-order chi connectivity index (χ1) is 6.65. The van der Waals surface area contributed by atoms with Crippen molar-refractivity contribution in [1.82, 2.24) is 0 Å². The van der Waals surface area contributed by atoms with Gasteiger partial charge in [0.25, 0.3) is 0 Å². The molecule has 0 saturated heterocycles. The lowest BCUT2D eigenvalue weighted by Crippen LogP contribution is -2.13. The van der Waals surface area contributed by atoms with Crippen molar-refractivity contribution in [3.63, 3.8) is 0 Å². The van der Waals surface area contributed by atoms with Crippen molar-refractivity contribution >= 4 is 17.3 Å². The lowest BCUT2D eigenvalue weighted by atomic mass is 10.2. The molecule has 76 valence electrons. The van der Waals surface area contributed by atoms with Crippen molar-refractivity contribution in [3.8, 4) is 5.75 Å². The number of para-hydroxylation sites is 1. The molecule has 5 heteroatoms. The Balaban J connectivity index is 2.81. The zero-order valence-corrected chi connectivity index (χ0v) is 7.78. The lowest BCUT2D eigenvalue weighted by Gasteiger charge is -2.10. The first-order valence-electron chi connectivity index (χ1n) is 4.03. The molecule has 1 aromatic rings. The molecule has 0 fully saturated rings. The highest BCUT2D eigenvalue weighted by atomic mass is 16.5. The van der Waals surface area contributed by atoms with Crippen LogP contribution in [-0.4, -0.2) is 24.7 Å². The average molecular weight is 196 g/mol. The minimum absolute atomic E-state index is 0.169. The van der Waals surface area contributed by atoms with Gasteiger partial charge in [0.05, 0.1) is 18.5 Å². The molecule has 0 amide bonds. The number of carboxylic acids is 1. The van der Waals surface area contributed by atoms with Crippen LogP contribution in [0.3, 0.4) is 0 Å². The fraction of sp³-hybridized carbons (Fsp3) is 0.222. The zero-order valence-electron chi connectivity index (χ0n) is 7.78. The number of nitrogens with two attached hydrogens (primary N) is 1. The van der Waals surface area contributed by atoms with E-state index in [4.69, 9.17) is 15.6 Å². The van der Waals surface area contributed by atoms with Crippen molar-refractivity contribution in [2.24, 2.45) is 0 Å². The molecule has 0 spiro atoms. The van der Waals surface area contributed by atoms with E-state index in [9.17, 15) is 4.79 Å². The highest BCUT2D eigenvalue weighted by Crippen LogP contribution is 2.28. The van der Waals surface area contributed by atoms with Gasteiger partial charge >= 0.3 is 5.97 Å². The molecule has 1 aromatic carbocycles. The standard InChI is InChI=1S/C9H12N2O3/c1-14-7-4-2-3-6(9(7)10)11-5-8(12)13/h2-4,11H,5,10H2,1H3,(H,12,13). The topological polar surface area (TPSA) is 84.6 Å². The Kier molecular flexibility index (Phi) is 3.17. The van der Waals surface area contributed by atoms with Gasteiger partial charge in [-0.3, -0.25) is 4.79 Å². The SMILES string of the molecule is COc1cccc(NCC(=O)O)c1N. The van der Waals surface area contributed by atoms with Crippen molar-refractivity contribution in [3.05, 3.63) is 18.2 Å². The molecular formula is C9H12N2O3. The molecule has 0 aliphatic heterocycles. The first kappa shape index (κ1) is 10.2. The third-order valence-electron chi connectivity index (χ3n) is 1.72. The van der Waals surface area contributed by atoms with Gasteiger partial charge in [0.1, 0.15) is 12.3 Å². The molecule has 0 aliphatic carbocycles. The van der Waals surface area contributed by atoms with E-state index in [1.165, 1.54) is 7.11 Å². The van der Waals surface area contributed by atoms with Crippen LogP contribution in [0.15, 0.2) is 18.2 Å². The number of nitrogen functional groups attached to an aromatic ring is 1. The van der Waals surface area contributed by atoms with E-state index >= 15 is 0 Å². The lowest BCUT2D eigenvalue weighted by molar-refractivity contribution is -0.134. The minimum atomic E-state index is -0.938. The van der Waals surface area contributed by atoms with Crippen LogP contribution in [0.5, 0.6) is 5.75 Å². The smallest absolute Gasteiger partial charge is 0.322 e. The summed E-state index contributed by atoms with van der Waals surface area (Å²) in [4.78, 5) is 10.3. The average Bonchev–Trinajstić information content (AvgIpc) is 2.16. The number of methoxy groups -OCH3 is 1. The summed E-state index contributed by atoms with van der Waals surface area (Å²) in [5, 5.41) is 11.1. The summed E-state index contributed by atoms with van der Waals surface area (Å²) in [6.45, 7) is -0.169. The van der Waals surface area contributed by atoms with Crippen LogP contribution in [0.2, 0.25) is 0 Å². The number of aliphatic carboxylic acids is 1. The number of rotatable bonds is 4. The van der Waals surface area contributed by atoms with Crippen molar-refractivity contribution in [1.29, 1.82) is 0 Å². The van der Waals surface area contributed by atoms with Crippen LogP contribution in [0.1, 0.15) is 0 Å². The number of anilines is 2. The maximum atomic E-state index is 10.3. The summed E-state index contributed by atoms with van der Waals surface area (Å²) in [5.41, 5.74) is 6.67. The Morgan fingerprint density at radius 2 is 2.36 bits per heavy atom. The molecule has 0 saturated carbocycles. The summed E-state index contributed by atoms with van der Waals surface area (Å²) in [5.74, 6) is -0.410. The summed E-state index contributed by atoms with van der Waals surface area (Å²) in [7, 11) is 1.51. The maximum absolute atomic E-state index is 10.3. The molecule has 0 bridgehead atoms. The minimum Gasteiger partial charge on any atom is -0.495 e. The van der Waals surface area contributed by atoms with Crippen LogP contribution in [0.4, 0.5) is 11.4 Å². The quantitative estimate of drug-likeness (QED) is 0.619. The van der Waals surface area contributed by atoms with Crippen LogP contribution in [-0.2, 0) is 4.79 Å². The van der Waals surface area contributed by atoms with E-state index in [-0.39, 0.29) is 6.54 Å². The Morgan fingerprint density at radius 3 is 2.93 bits per heavy atom. The molecule has 14 heavy (non-hydrogen) atoms. The van der Waals surface area contributed by atoms with Crippen molar-refractivity contribution in [2.75, 3.05) is 24.7 Å². The molecule has 0 unspecified atom stereocenters. The van der Waals surface area contributed by atoms with Crippen molar-refractivity contribution in [2.45, 2.75) is 0 Å². The predicted octanol–water partition coefficient (Wildman–Crippen LogP) is 0.774. The van der Waals surface area contributed by atoms with Gasteiger partial charge in [0.15, 0.2) is 0 Å². The fourth-order valence-corrected chi connectivity index (χ4v) is 1.05. The Labute approximate surface area is 81.5 Å². The van der Waals surface area contributed by atoms with Gasteiger partial charge in [-0.05, 0) is 12.1 Å². The van der Waals surface area contributed by atoms with Gasteiger partial charge < -0.3 is 20.9 Å². The number of ether oxygens (including phenoxy) is 1. The Bertz CT molecular complexity index is 339.